The predicted molar refractivity (Wildman–Crippen MR) is 81.6 cm³/mol. The number of amides is 1. The zero-order valence-electron chi connectivity index (χ0n) is 11.9. The van der Waals surface area contributed by atoms with Crippen molar-refractivity contribution in [1.29, 1.82) is 0 Å². The van der Waals surface area contributed by atoms with Gasteiger partial charge in [0.25, 0.3) is 0 Å². The number of carbonyl (C=O) groups excluding carboxylic acids is 1. The summed E-state index contributed by atoms with van der Waals surface area (Å²) >= 11 is 1.81. The van der Waals surface area contributed by atoms with Crippen LogP contribution in [0.5, 0.6) is 0 Å². The van der Waals surface area contributed by atoms with Crippen molar-refractivity contribution in [3.05, 3.63) is 22.4 Å². The predicted octanol–water partition coefficient (Wildman–Crippen LogP) is 1.66. The SMILES string of the molecule is NC1(C(=O)N2CCCN(Cc3cccs3)CC2)CCC1. The molecule has 1 saturated heterocycles. The van der Waals surface area contributed by atoms with E-state index in [1.54, 1.807) is 11.3 Å². The molecule has 0 spiro atoms. The average molecular weight is 293 g/mol. The summed E-state index contributed by atoms with van der Waals surface area (Å²) in [6.45, 7) is 4.72. The second-order valence-electron chi connectivity index (χ2n) is 6.01. The van der Waals surface area contributed by atoms with Crippen molar-refractivity contribution in [2.45, 2.75) is 37.8 Å². The van der Waals surface area contributed by atoms with E-state index in [1.165, 1.54) is 4.88 Å². The van der Waals surface area contributed by atoms with Gasteiger partial charge in [0, 0.05) is 37.6 Å². The summed E-state index contributed by atoms with van der Waals surface area (Å²) in [6, 6.07) is 4.28. The first-order chi connectivity index (χ1) is 9.67. The molecule has 110 valence electrons. The lowest BCUT2D eigenvalue weighted by atomic mass is 9.76. The molecule has 0 bridgehead atoms. The van der Waals surface area contributed by atoms with Crippen LogP contribution in [0, 0.1) is 0 Å². The van der Waals surface area contributed by atoms with E-state index in [9.17, 15) is 4.79 Å². The molecule has 3 rings (SSSR count). The molecular formula is C15H23N3OS. The number of thiophene rings is 1. The van der Waals surface area contributed by atoms with Gasteiger partial charge in [-0.25, -0.2) is 0 Å². The molecule has 1 aliphatic carbocycles. The van der Waals surface area contributed by atoms with Crippen LogP contribution < -0.4 is 5.73 Å². The Bertz CT molecular complexity index is 456. The van der Waals surface area contributed by atoms with Gasteiger partial charge in [-0.1, -0.05) is 6.07 Å². The Morgan fingerprint density at radius 1 is 1.25 bits per heavy atom. The molecule has 2 N–H and O–H groups in total. The molecule has 4 nitrogen and oxygen atoms in total. The normalized spacial score (nSPS) is 23.1. The Hall–Kier alpha value is -0.910. The monoisotopic (exact) mass is 293 g/mol. The third-order valence-corrected chi connectivity index (χ3v) is 5.37. The largest absolute Gasteiger partial charge is 0.340 e. The minimum absolute atomic E-state index is 0.182. The van der Waals surface area contributed by atoms with Crippen molar-refractivity contribution in [3.63, 3.8) is 0 Å². The molecule has 5 heteroatoms. The van der Waals surface area contributed by atoms with Crippen LogP contribution in [0.2, 0.25) is 0 Å². The Balaban J connectivity index is 1.55. The Labute approximate surface area is 124 Å². The van der Waals surface area contributed by atoms with Gasteiger partial charge in [-0.15, -0.1) is 11.3 Å². The fraction of sp³-hybridized carbons (Fsp3) is 0.667. The molecule has 1 aromatic heterocycles. The smallest absolute Gasteiger partial charge is 0.242 e. The zero-order valence-corrected chi connectivity index (χ0v) is 12.7. The molecule has 1 saturated carbocycles. The van der Waals surface area contributed by atoms with E-state index in [-0.39, 0.29) is 5.91 Å². The number of nitrogens with zero attached hydrogens (tertiary/aromatic N) is 2. The minimum Gasteiger partial charge on any atom is -0.340 e. The number of hydrogen-bond acceptors (Lipinski definition) is 4. The van der Waals surface area contributed by atoms with Crippen molar-refractivity contribution in [2.75, 3.05) is 26.2 Å². The molecule has 0 unspecified atom stereocenters. The molecular weight excluding hydrogens is 270 g/mol. The number of nitrogens with two attached hydrogens (primary N) is 1. The summed E-state index contributed by atoms with van der Waals surface area (Å²) < 4.78 is 0. The summed E-state index contributed by atoms with van der Waals surface area (Å²) in [5, 5.41) is 2.12. The van der Waals surface area contributed by atoms with Crippen molar-refractivity contribution < 1.29 is 4.79 Å². The fourth-order valence-electron chi connectivity index (χ4n) is 3.04. The fourth-order valence-corrected chi connectivity index (χ4v) is 3.79. The van der Waals surface area contributed by atoms with Gasteiger partial charge in [-0.05, 0) is 37.1 Å². The van der Waals surface area contributed by atoms with Crippen molar-refractivity contribution >= 4 is 17.2 Å². The molecule has 2 aliphatic rings. The van der Waals surface area contributed by atoms with E-state index < -0.39 is 5.54 Å². The Kier molecular flexibility index (Phi) is 4.10. The zero-order chi connectivity index (χ0) is 14.0. The van der Waals surface area contributed by atoms with Crippen LogP contribution >= 0.6 is 11.3 Å². The molecule has 1 amide bonds. The molecule has 20 heavy (non-hydrogen) atoms. The van der Waals surface area contributed by atoms with Gasteiger partial charge in [0.1, 0.15) is 0 Å². The van der Waals surface area contributed by atoms with E-state index in [4.69, 9.17) is 5.73 Å². The van der Waals surface area contributed by atoms with Crippen LogP contribution in [-0.4, -0.2) is 47.4 Å². The van der Waals surface area contributed by atoms with Crippen LogP contribution in [0.3, 0.4) is 0 Å². The van der Waals surface area contributed by atoms with Gasteiger partial charge in [0.15, 0.2) is 0 Å². The standard InChI is InChI=1S/C15H23N3OS/c16-15(5-2-6-15)14(19)18-8-3-7-17(9-10-18)12-13-4-1-11-20-13/h1,4,11H,2-3,5-10,12,16H2. The molecule has 1 aliphatic heterocycles. The quantitative estimate of drug-likeness (QED) is 0.922. The average Bonchev–Trinajstić information content (AvgIpc) is 2.80. The highest BCUT2D eigenvalue weighted by Gasteiger charge is 2.42. The number of carbonyl (C=O) groups is 1. The molecule has 1 aromatic rings. The van der Waals surface area contributed by atoms with E-state index in [0.717, 1.165) is 58.4 Å². The third kappa shape index (κ3) is 2.90. The second kappa shape index (κ2) is 5.84. The maximum absolute atomic E-state index is 12.5. The van der Waals surface area contributed by atoms with Crippen molar-refractivity contribution in [2.24, 2.45) is 5.73 Å². The molecule has 2 heterocycles. The van der Waals surface area contributed by atoms with Gasteiger partial charge in [-0.3, -0.25) is 9.69 Å². The Morgan fingerprint density at radius 2 is 2.10 bits per heavy atom. The Morgan fingerprint density at radius 3 is 2.75 bits per heavy atom. The highest BCUT2D eigenvalue weighted by molar-refractivity contribution is 7.09. The van der Waals surface area contributed by atoms with Gasteiger partial charge in [0.05, 0.1) is 5.54 Å². The summed E-state index contributed by atoms with van der Waals surface area (Å²) in [4.78, 5) is 18.3. The van der Waals surface area contributed by atoms with Crippen LogP contribution in [0.1, 0.15) is 30.6 Å². The van der Waals surface area contributed by atoms with Gasteiger partial charge in [0.2, 0.25) is 5.91 Å². The van der Waals surface area contributed by atoms with E-state index in [0.29, 0.717) is 0 Å². The summed E-state index contributed by atoms with van der Waals surface area (Å²) in [7, 11) is 0. The van der Waals surface area contributed by atoms with Crippen molar-refractivity contribution in [3.8, 4) is 0 Å². The lowest BCUT2D eigenvalue weighted by Gasteiger charge is -2.40. The first kappa shape index (κ1) is 14.0. The lowest BCUT2D eigenvalue weighted by molar-refractivity contribution is -0.140. The van der Waals surface area contributed by atoms with E-state index >= 15 is 0 Å². The van der Waals surface area contributed by atoms with E-state index in [1.807, 2.05) is 4.90 Å². The van der Waals surface area contributed by atoms with Crippen LogP contribution in [0.15, 0.2) is 17.5 Å². The molecule has 0 atom stereocenters. The van der Waals surface area contributed by atoms with Gasteiger partial charge in [-0.2, -0.15) is 0 Å². The van der Waals surface area contributed by atoms with Crippen LogP contribution in [0.25, 0.3) is 0 Å². The highest BCUT2D eigenvalue weighted by atomic mass is 32.1. The van der Waals surface area contributed by atoms with Gasteiger partial charge < -0.3 is 10.6 Å². The maximum atomic E-state index is 12.5. The number of hydrogen-bond donors (Lipinski definition) is 1. The first-order valence-electron chi connectivity index (χ1n) is 7.50. The third-order valence-electron chi connectivity index (χ3n) is 4.51. The summed E-state index contributed by atoms with van der Waals surface area (Å²) in [6.07, 6.45) is 3.87. The minimum atomic E-state index is -0.539. The van der Waals surface area contributed by atoms with Crippen molar-refractivity contribution in [1.82, 2.24) is 9.80 Å². The van der Waals surface area contributed by atoms with Gasteiger partial charge >= 0.3 is 0 Å². The number of rotatable bonds is 3. The van der Waals surface area contributed by atoms with E-state index in [2.05, 4.69) is 22.4 Å². The topological polar surface area (TPSA) is 49.6 Å². The lowest BCUT2D eigenvalue weighted by Crippen LogP contribution is -2.60. The molecule has 2 fully saturated rings. The maximum Gasteiger partial charge on any atom is 0.242 e. The second-order valence-corrected chi connectivity index (χ2v) is 7.04. The first-order valence-corrected chi connectivity index (χ1v) is 8.38. The molecule has 0 aromatic carbocycles. The summed E-state index contributed by atoms with van der Waals surface area (Å²) in [5.74, 6) is 0.182. The van der Waals surface area contributed by atoms with Crippen LogP contribution in [0.4, 0.5) is 0 Å². The highest BCUT2D eigenvalue weighted by Crippen LogP contribution is 2.31. The van der Waals surface area contributed by atoms with Crippen LogP contribution in [-0.2, 0) is 11.3 Å². The molecule has 0 radical (unpaired) electrons. The summed E-state index contributed by atoms with van der Waals surface area (Å²) in [5.41, 5.74) is 5.63.